The zero-order valence-electron chi connectivity index (χ0n) is 18.4. The molecule has 0 radical (unpaired) electrons. The molecule has 1 unspecified atom stereocenters. The first kappa shape index (κ1) is 23.7. The van der Waals surface area contributed by atoms with E-state index in [2.05, 4.69) is 32.2 Å². The highest BCUT2D eigenvalue weighted by Crippen LogP contribution is 2.35. The fraction of sp³-hybridized carbons (Fsp3) is 0.417. The number of ether oxygens (including phenoxy) is 2. The third kappa shape index (κ3) is 7.02. The van der Waals surface area contributed by atoms with Crippen molar-refractivity contribution in [1.29, 1.82) is 0 Å². The van der Waals surface area contributed by atoms with Crippen LogP contribution in [0.1, 0.15) is 68.6 Å². The van der Waals surface area contributed by atoms with E-state index in [0.29, 0.717) is 16.3 Å². The van der Waals surface area contributed by atoms with Gasteiger partial charge in [-0.1, -0.05) is 36.8 Å². The minimum atomic E-state index is -0.705. The lowest BCUT2D eigenvalue weighted by Crippen LogP contribution is -2.30. The van der Waals surface area contributed by atoms with Gasteiger partial charge < -0.3 is 14.8 Å². The molecule has 0 aliphatic carbocycles. The highest BCUT2D eigenvalue weighted by Gasteiger charge is 2.23. The Morgan fingerprint density at radius 3 is 2.50 bits per heavy atom. The molecule has 2 atom stereocenters. The highest BCUT2D eigenvalue weighted by atomic mass is 32.1. The van der Waals surface area contributed by atoms with Crippen molar-refractivity contribution in [3.63, 3.8) is 0 Å². The second-order valence-electron chi connectivity index (χ2n) is 7.43. The van der Waals surface area contributed by atoms with Crippen molar-refractivity contribution in [3.8, 4) is 5.75 Å². The molecule has 1 heterocycles. The first-order valence-corrected chi connectivity index (χ1v) is 11.1. The van der Waals surface area contributed by atoms with E-state index in [4.69, 9.17) is 9.47 Å². The number of rotatable bonds is 10. The summed E-state index contributed by atoms with van der Waals surface area (Å²) in [5, 5.41) is 3.37. The molecular weight excluding hydrogens is 398 g/mol. The number of hydrogen-bond donors (Lipinski definition) is 1. The predicted octanol–water partition coefficient (Wildman–Crippen LogP) is 6.18. The van der Waals surface area contributed by atoms with Crippen LogP contribution >= 0.6 is 11.3 Å². The van der Waals surface area contributed by atoms with Crippen LogP contribution in [0.3, 0.4) is 0 Å². The van der Waals surface area contributed by atoms with Gasteiger partial charge in [-0.25, -0.2) is 4.79 Å². The fourth-order valence-corrected chi connectivity index (χ4v) is 3.98. The monoisotopic (exact) mass is 429 g/mol. The van der Waals surface area contributed by atoms with Crippen LogP contribution in [0, 0.1) is 0 Å². The molecule has 0 saturated carbocycles. The van der Waals surface area contributed by atoms with Gasteiger partial charge in [-0.2, -0.15) is 0 Å². The first-order valence-electron chi connectivity index (χ1n) is 10.3. The van der Waals surface area contributed by atoms with Gasteiger partial charge in [-0.15, -0.1) is 11.3 Å². The molecule has 0 fully saturated rings. The summed E-state index contributed by atoms with van der Waals surface area (Å²) >= 11 is 1.42. The second kappa shape index (κ2) is 11.6. The van der Waals surface area contributed by atoms with E-state index in [1.807, 2.05) is 24.3 Å². The average molecular weight is 430 g/mol. The first-order chi connectivity index (χ1) is 14.3. The van der Waals surface area contributed by atoms with Crippen molar-refractivity contribution in [2.75, 3.05) is 11.9 Å². The molecule has 30 heavy (non-hydrogen) atoms. The lowest BCUT2D eigenvalue weighted by atomic mass is 10.0. The zero-order valence-corrected chi connectivity index (χ0v) is 19.2. The van der Waals surface area contributed by atoms with Crippen LogP contribution < -0.4 is 10.1 Å². The van der Waals surface area contributed by atoms with Crippen LogP contribution in [0.15, 0.2) is 48.0 Å². The third-order valence-corrected chi connectivity index (χ3v) is 5.83. The van der Waals surface area contributed by atoms with Crippen molar-refractivity contribution in [2.45, 2.75) is 59.5 Å². The van der Waals surface area contributed by atoms with E-state index in [-0.39, 0.29) is 18.4 Å². The number of benzene rings is 1. The summed E-state index contributed by atoms with van der Waals surface area (Å²) in [6.45, 7) is 10.0. The van der Waals surface area contributed by atoms with Crippen molar-refractivity contribution in [1.82, 2.24) is 0 Å². The largest absolute Gasteiger partial charge is 0.481 e. The highest BCUT2D eigenvalue weighted by molar-refractivity contribution is 7.16. The van der Waals surface area contributed by atoms with E-state index in [0.717, 1.165) is 17.7 Å². The lowest BCUT2D eigenvalue weighted by molar-refractivity contribution is -0.122. The van der Waals surface area contributed by atoms with Crippen molar-refractivity contribution in [2.24, 2.45) is 0 Å². The standard InChI is InChI=1S/C24H31NO4S/c1-6-28-24(27)20-15-21(17(4)12-10-11-16(2)3)30-23(20)25-22(26)18(5)29-19-13-8-7-9-14-19/h7-9,11,13-15,17-18H,6,10,12H2,1-5H3,(H,25,26)/t17-,18?/m0/s1. The number of para-hydroxylation sites is 1. The van der Waals surface area contributed by atoms with Gasteiger partial charge in [0, 0.05) is 4.88 Å². The molecule has 0 aliphatic heterocycles. The van der Waals surface area contributed by atoms with E-state index >= 15 is 0 Å². The summed E-state index contributed by atoms with van der Waals surface area (Å²) in [5.74, 6) is 0.145. The number of esters is 1. The van der Waals surface area contributed by atoms with Crippen LogP contribution in [0.5, 0.6) is 5.75 Å². The summed E-state index contributed by atoms with van der Waals surface area (Å²) in [6, 6.07) is 11.0. The summed E-state index contributed by atoms with van der Waals surface area (Å²) in [7, 11) is 0. The molecular formula is C24H31NO4S. The Hall–Kier alpha value is -2.60. The minimum absolute atomic E-state index is 0.266. The van der Waals surface area contributed by atoms with Crippen LogP contribution in [-0.4, -0.2) is 24.6 Å². The molecule has 1 aromatic carbocycles. The Balaban J connectivity index is 2.15. The molecule has 1 N–H and O–H groups in total. The summed E-state index contributed by atoms with van der Waals surface area (Å²) < 4.78 is 10.9. The van der Waals surface area contributed by atoms with E-state index < -0.39 is 12.1 Å². The van der Waals surface area contributed by atoms with Gasteiger partial charge in [0.2, 0.25) is 0 Å². The molecule has 0 bridgehead atoms. The van der Waals surface area contributed by atoms with Gasteiger partial charge in [0.25, 0.3) is 5.91 Å². The van der Waals surface area contributed by atoms with E-state index in [9.17, 15) is 9.59 Å². The molecule has 2 rings (SSSR count). The number of nitrogens with one attached hydrogen (secondary N) is 1. The maximum absolute atomic E-state index is 12.7. The van der Waals surface area contributed by atoms with Gasteiger partial charge in [-0.05, 0) is 64.7 Å². The predicted molar refractivity (Wildman–Crippen MR) is 123 cm³/mol. The molecule has 0 aliphatic rings. The van der Waals surface area contributed by atoms with E-state index in [1.54, 1.807) is 26.0 Å². The average Bonchev–Trinajstić information content (AvgIpc) is 3.12. The summed E-state index contributed by atoms with van der Waals surface area (Å²) in [5.41, 5.74) is 1.69. The third-order valence-electron chi connectivity index (χ3n) is 4.55. The van der Waals surface area contributed by atoms with E-state index in [1.165, 1.54) is 16.9 Å². The Morgan fingerprint density at radius 2 is 1.87 bits per heavy atom. The van der Waals surface area contributed by atoms with Crippen molar-refractivity contribution in [3.05, 3.63) is 58.5 Å². The molecule has 0 spiro atoms. The quantitative estimate of drug-likeness (QED) is 0.362. The van der Waals surface area contributed by atoms with Crippen LogP contribution in [-0.2, 0) is 9.53 Å². The number of thiophene rings is 1. The summed E-state index contributed by atoms with van der Waals surface area (Å²) in [4.78, 5) is 26.2. The van der Waals surface area contributed by atoms with Crippen molar-refractivity contribution < 1.29 is 19.1 Å². The second-order valence-corrected chi connectivity index (χ2v) is 8.52. The maximum atomic E-state index is 12.7. The van der Waals surface area contributed by atoms with Gasteiger partial charge in [0.05, 0.1) is 12.2 Å². The molecule has 162 valence electrons. The SMILES string of the molecule is CCOC(=O)c1cc([C@@H](C)CCC=C(C)C)sc1NC(=O)C(C)Oc1ccccc1. The molecule has 0 saturated heterocycles. The Bertz CT molecular complexity index is 869. The van der Waals surface area contributed by atoms with Gasteiger partial charge in [0.15, 0.2) is 6.10 Å². The smallest absolute Gasteiger partial charge is 0.341 e. The fourth-order valence-electron chi connectivity index (χ4n) is 2.84. The number of carbonyl (C=O) groups excluding carboxylic acids is 2. The number of carbonyl (C=O) groups is 2. The van der Waals surface area contributed by atoms with Crippen LogP contribution in [0.4, 0.5) is 5.00 Å². The molecule has 1 aromatic heterocycles. The molecule has 6 heteroatoms. The number of allylic oxidation sites excluding steroid dienone is 2. The van der Waals surface area contributed by atoms with Crippen LogP contribution in [0.25, 0.3) is 0 Å². The zero-order chi connectivity index (χ0) is 22.1. The topological polar surface area (TPSA) is 64.6 Å². The lowest BCUT2D eigenvalue weighted by Gasteiger charge is -2.14. The van der Waals surface area contributed by atoms with Crippen LogP contribution in [0.2, 0.25) is 0 Å². The van der Waals surface area contributed by atoms with Crippen molar-refractivity contribution >= 4 is 28.2 Å². The molecule has 2 aromatic rings. The van der Waals surface area contributed by atoms with Gasteiger partial charge in [0.1, 0.15) is 10.8 Å². The molecule has 1 amide bonds. The normalized spacial score (nSPS) is 12.6. The molecule has 5 nitrogen and oxygen atoms in total. The van der Waals surface area contributed by atoms with Gasteiger partial charge >= 0.3 is 5.97 Å². The minimum Gasteiger partial charge on any atom is -0.481 e. The Morgan fingerprint density at radius 1 is 1.17 bits per heavy atom. The summed E-state index contributed by atoms with van der Waals surface area (Å²) in [6.07, 6.45) is 3.44. The van der Waals surface area contributed by atoms with Gasteiger partial charge in [-0.3, -0.25) is 4.79 Å². The number of hydrogen-bond acceptors (Lipinski definition) is 5. The Kier molecular flexibility index (Phi) is 9.12. The maximum Gasteiger partial charge on any atom is 0.341 e. The number of anilines is 1. The Labute approximate surface area is 183 Å². The number of amides is 1.